The van der Waals surface area contributed by atoms with E-state index in [0.29, 0.717) is 11.5 Å². The first-order valence-electron chi connectivity index (χ1n) is 10.3. The van der Waals surface area contributed by atoms with E-state index >= 15 is 0 Å². The van der Waals surface area contributed by atoms with Gasteiger partial charge in [0.25, 0.3) is 0 Å². The Morgan fingerprint density at radius 1 is 1.06 bits per heavy atom. The smallest absolute Gasteiger partial charge is 0.244 e. The molecule has 9 nitrogen and oxygen atoms in total. The fourth-order valence-electron chi connectivity index (χ4n) is 3.36. The predicted molar refractivity (Wildman–Crippen MR) is 127 cm³/mol. The molecule has 0 saturated carbocycles. The zero-order chi connectivity index (χ0) is 24.8. The Bertz CT molecular complexity index is 1100. The highest BCUT2D eigenvalue weighted by Crippen LogP contribution is 2.32. The highest BCUT2D eigenvalue weighted by atomic mass is 32.2. The van der Waals surface area contributed by atoms with Crippen molar-refractivity contribution in [1.82, 2.24) is 10.2 Å². The van der Waals surface area contributed by atoms with Crippen LogP contribution in [0, 0.1) is 6.92 Å². The fourth-order valence-corrected chi connectivity index (χ4v) is 4.20. The number of ether oxygens (including phenoxy) is 2. The van der Waals surface area contributed by atoms with Gasteiger partial charge in [0.05, 0.1) is 26.2 Å². The van der Waals surface area contributed by atoms with Gasteiger partial charge in [-0.3, -0.25) is 13.9 Å². The Morgan fingerprint density at radius 2 is 1.70 bits per heavy atom. The second-order valence-electron chi connectivity index (χ2n) is 7.55. The lowest BCUT2D eigenvalue weighted by Crippen LogP contribution is -2.50. The first-order valence-corrected chi connectivity index (χ1v) is 12.1. The lowest BCUT2D eigenvalue weighted by atomic mass is 10.1. The molecule has 0 unspecified atom stereocenters. The molecule has 0 spiro atoms. The molecule has 2 aromatic carbocycles. The third kappa shape index (κ3) is 6.38. The second-order valence-corrected chi connectivity index (χ2v) is 9.45. The van der Waals surface area contributed by atoms with Crippen LogP contribution in [0.2, 0.25) is 0 Å². The minimum atomic E-state index is -3.83. The first-order chi connectivity index (χ1) is 15.5. The summed E-state index contributed by atoms with van der Waals surface area (Å²) in [5.74, 6) is -0.120. The van der Waals surface area contributed by atoms with Crippen molar-refractivity contribution in [3.8, 4) is 11.5 Å². The SMILES string of the molecule is CNC(=O)[C@H](C)N(Cc1ccccc1C)C(=O)CN(c1ccc(OC)c(OC)c1)S(C)(=O)=O. The number of rotatable bonds is 10. The summed E-state index contributed by atoms with van der Waals surface area (Å²) in [7, 11) is 0.561. The van der Waals surface area contributed by atoms with Crippen molar-refractivity contribution in [2.45, 2.75) is 26.4 Å². The van der Waals surface area contributed by atoms with Crippen molar-refractivity contribution >= 4 is 27.5 Å². The molecular weight excluding hydrogens is 446 g/mol. The number of benzene rings is 2. The van der Waals surface area contributed by atoms with Gasteiger partial charge in [0.2, 0.25) is 21.8 Å². The zero-order valence-corrected chi connectivity index (χ0v) is 20.6. The van der Waals surface area contributed by atoms with Gasteiger partial charge in [-0.1, -0.05) is 24.3 Å². The predicted octanol–water partition coefficient (Wildman–Crippen LogP) is 1.94. The van der Waals surface area contributed by atoms with Crippen molar-refractivity contribution in [3.05, 3.63) is 53.6 Å². The Kier molecular flexibility index (Phi) is 8.69. The Hall–Kier alpha value is -3.27. The Balaban J connectivity index is 2.44. The molecule has 0 aliphatic rings. The van der Waals surface area contributed by atoms with E-state index in [1.54, 1.807) is 13.0 Å². The van der Waals surface area contributed by atoms with E-state index < -0.39 is 28.5 Å². The van der Waals surface area contributed by atoms with Gasteiger partial charge in [-0.15, -0.1) is 0 Å². The van der Waals surface area contributed by atoms with Crippen LogP contribution in [0.4, 0.5) is 5.69 Å². The molecule has 2 aromatic rings. The number of hydrogen-bond acceptors (Lipinski definition) is 6. The first kappa shape index (κ1) is 26.0. The Labute approximate surface area is 195 Å². The van der Waals surface area contributed by atoms with Crippen molar-refractivity contribution in [1.29, 1.82) is 0 Å². The molecule has 0 bridgehead atoms. The van der Waals surface area contributed by atoms with Crippen LogP contribution in [0.15, 0.2) is 42.5 Å². The van der Waals surface area contributed by atoms with Gasteiger partial charge >= 0.3 is 0 Å². The van der Waals surface area contributed by atoms with E-state index in [-0.39, 0.29) is 18.1 Å². The number of amides is 2. The summed E-state index contributed by atoms with van der Waals surface area (Å²) < 4.78 is 36.7. The highest BCUT2D eigenvalue weighted by Gasteiger charge is 2.30. The molecule has 0 aliphatic carbocycles. The minimum Gasteiger partial charge on any atom is -0.493 e. The molecule has 0 aliphatic heterocycles. The lowest BCUT2D eigenvalue weighted by Gasteiger charge is -2.31. The van der Waals surface area contributed by atoms with Gasteiger partial charge in [0, 0.05) is 19.7 Å². The van der Waals surface area contributed by atoms with Crippen molar-refractivity contribution < 1.29 is 27.5 Å². The largest absolute Gasteiger partial charge is 0.493 e. The molecule has 180 valence electrons. The summed E-state index contributed by atoms with van der Waals surface area (Å²) in [6.45, 7) is 3.19. The van der Waals surface area contributed by atoms with Gasteiger partial charge in [-0.2, -0.15) is 0 Å². The number of carbonyl (C=O) groups excluding carboxylic acids is 2. The van der Waals surface area contributed by atoms with Gasteiger partial charge < -0.3 is 19.7 Å². The number of nitrogens with one attached hydrogen (secondary N) is 1. The van der Waals surface area contributed by atoms with Crippen LogP contribution in [0.1, 0.15) is 18.1 Å². The van der Waals surface area contributed by atoms with Gasteiger partial charge in [0.1, 0.15) is 12.6 Å². The number of carbonyl (C=O) groups is 2. The summed E-state index contributed by atoms with van der Waals surface area (Å²) in [5.41, 5.74) is 2.06. The van der Waals surface area contributed by atoms with Crippen LogP contribution in [-0.4, -0.2) is 65.2 Å². The van der Waals surface area contributed by atoms with Crippen molar-refractivity contribution in [2.75, 3.05) is 38.4 Å². The average molecular weight is 478 g/mol. The number of sulfonamides is 1. The second kappa shape index (κ2) is 11.0. The quantitative estimate of drug-likeness (QED) is 0.561. The maximum Gasteiger partial charge on any atom is 0.244 e. The van der Waals surface area contributed by atoms with E-state index in [0.717, 1.165) is 21.7 Å². The average Bonchev–Trinajstić information content (AvgIpc) is 2.79. The van der Waals surface area contributed by atoms with E-state index in [1.165, 1.54) is 38.3 Å². The van der Waals surface area contributed by atoms with Gasteiger partial charge in [-0.25, -0.2) is 8.42 Å². The molecule has 1 atom stereocenters. The highest BCUT2D eigenvalue weighted by molar-refractivity contribution is 7.92. The number of likely N-dealkylation sites (N-methyl/N-ethyl adjacent to an activating group) is 1. The van der Waals surface area contributed by atoms with Crippen LogP contribution < -0.4 is 19.1 Å². The summed E-state index contributed by atoms with van der Waals surface area (Å²) in [4.78, 5) is 27.2. The monoisotopic (exact) mass is 477 g/mol. The third-order valence-corrected chi connectivity index (χ3v) is 6.49. The molecule has 0 heterocycles. The van der Waals surface area contributed by atoms with E-state index in [1.807, 2.05) is 31.2 Å². The summed E-state index contributed by atoms with van der Waals surface area (Å²) in [6.07, 6.45) is 1.02. The zero-order valence-electron chi connectivity index (χ0n) is 19.8. The Morgan fingerprint density at radius 3 is 2.24 bits per heavy atom. The number of methoxy groups -OCH3 is 2. The number of nitrogens with zero attached hydrogens (tertiary/aromatic N) is 2. The maximum atomic E-state index is 13.4. The summed E-state index contributed by atoms with van der Waals surface area (Å²) >= 11 is 0. The molecule has 2 amide bonds. The number of anilines is 1. The standard InChI is InChI=1S/C23H31N3O6S/c1-16-9-7-8-10-18(16)14-25(17(2)23(28)24-3)22(27)15-26(33(6,29)30)19-11-12-20(31-4)21(13-19)32-5/h7-13,17H,14-15H2,1-6H3,(H,24,28)/t17-/m0/s1. The van der Waals surface area contributed by atoms with Gasteiger partial charge in [-0.05, 0) is 37.1 Å². The summed E-state index contributed by atoms with van der Waals surface area (Å²) in [5, 5.41) is 2.55. The summed E-state index contributed by atoms with van der Waals surface area (Å²) in [6, 6.07) is 11.3. The van der Waals surface area contributed by atoms with E-state index in [9.17, 15) is 18.0 Å². The number of hydrogen-bond donors (Lipinski definition) is 1. The van der Waals surface area contributed by atoms with Crippen LogP contribution in [-0.2, 0) is 26.2 Å². The van der Waals surface area contributed by atoms with Crippen LogP contribution in [0.25, 0.3) is 0 Å². The topological polar surface area (TPSA) is 105 Å². The molecule has 0 aromatic heterocycles. The molecule has 10 heteroatoms. The van der Waals surface area contributed by atoms with E-state index in [4.69, 9.17) is 9.47 Å². The maximum absolute atomic E-state index is 13.4. The normalized spacial score (nSPS) is 11.9. The van der Waals surface area contributed by atoms with E-state index in [2.05, 4.69) is 5.32 Å². The van der Waals surface area contributed by atoms with Crippen LogP contribution >= 0.6 is 0 Å². The van der Waals surface area contributed by atoms with Crippen LogP contribution in [0.5, 0.6) is 11.5 Å². The fraction of sp³-hybridized carbons (Fsp3) is 0.391. The molecular formula is C23H31N3O6S. The third-order valence-electron chi connectivity index (χ3n) is 5.35. The minimum absolute atomic E-state index is 0.156. The molecule has 33 heavy (non-hydrogen) atoms. The molecule has 0 fully saturated rings. The number of aryl methyl sites for hydroxylation is 1. The molecule has 0 saturated heterocycles. The van der Waals surface area contributed by atoms with Crippen molar-refractivity contribution in [2.24, 2.45) is 0 Å². The van der Waals surface area contributed by atoms with Crippen molar-refractivity contribution in [3.63, 3.8) is 0 Å². The molecule has 2 rings (SSSR count). The van der Waals surface area contributed by atoms with Gasteiger partial charge in [0.15, 0.2) is 11.5 Å². The molecule has 1 N–H and O–H groups in total. The van der Waals surface area contributed by atoms with Crippen LogP contribution in [0.3, 0.4) is 0 Å². The molecule has 0 radical (unpaired) electrons. The lowest BCUT2D eigenvalue weighted by molar-refractivity contribution is -0.139.